The van der Waals surface area contributed by atoms with Gasteiger partial charge in [-0.15, -0.1) is 0 Å². The second-order valence-corrected chi connectivity index (χ2v) is 19.7. The molecule has 4 aromatic heterocycles. The lowest BCUT2D eigenvalue weighted by Gasteiger charge is -2.07. The quantitative estimate of drug-likeness (QED) is 0.112. The minimum absolute atomic E-state index is 0.214. The fraction of sp³-hybridized carbons (Fsp3) is 0.0952. The molecule has 12 nitrogen and oxygen atoms in total. The van der Waals surface area contributed by atoms with Crippen molar-refractivity contribution in [2.75, 3.05) is 14.2 Å². The Morgan fingerprint density at radius 2 is 1.07 bits per heavy atom. The van der Waals surface area contributed by atoms with E-state index in [1.54, 1.807) is 105 Å². The minimum Gasteiger partial charge on any atom is -0.497 e. The Balaban J connectivity index is 0.000000166. The van der Waals surface area contributed by atoms with Crippen LogP contribution in [0.1, 0.15) is 11.1 Å². The molecule has 4 aromatic carbocycles. The number of ether oxygens (including phenoxy) is 2. The Hall–Kier alpha value is -4.57. The van der Waals surface area contributed by atoms with E-state index in [9.17, 15) is 16.8 Å². The van der Waals surface area contributed by atoms with Gasteiger partial charge in [-0.05, 0) is 117 Å². The molecule has 18 heteroatoms. The predicted molar refractivity (Wildman–Crippen MR) is 250 cm³/mol. The third-order valence-electron chi connectivity index (χ3n) is 9.08. The van der Waals surface area contributed by atoms with Crippen LogP contribution in [-0.2, 0) is 20.0 Å². The number of aromatic nitrogens is 4. The van der Waals surface area contributed by atoms with Gasteiger partial charge in [0.2, 0.25) is 0 Å². The molecule has 0 aliphatic heterocycles. The zero-order valence-corrected chi connectivity index (χ0v) is 39.3. The van der Waals surface area contributed by atoms with Crippen LogP contribution in [0.5, 0.6) is 11.5 Å². The number of pyridine rings is 2. The van der Waals surface area contributed by atoms with E-state index in [4.69, 9.17) is 19.5 Å². The molecule has 0 saturated carbocycles. The number of benzene rings is 4. The summed E-state index contributed by atoms with van der Waals surface area (Å²) in [4.78, 5) is 9.10. The zero-order valence-electron chi connectivity index (χ0n) is 32.4. The normalized spacial score (nSPS) is 11.3. The maximum atomic E-state index is 13.3. The van der Waals surface area contributed by atoms with Gasteiger partial charge in [-0.3, -0.25) is 0 Å². The van der Waals surface area contributed by atoms with Crippen molar-refractivity contribution < 1.29 is 36.4 Å². The molecule has 0 radical (unpaired) electrons. The summed E-state index contributed by atoms with van der Waals surface area (Å²) in [6.45, 7) is 3.84. The molecule has 8 rings (SSSR count). The molecule has 0 atom stereocenters. The van der Waals surface area contributed by atoms with Gasteiger partial charge in [0.05, 0.1) is 24.0 Å². The molecule has 0 bridgehead atoms. The molecule has 8 aromatic rings. The van der Waals surface area contributed by atoms with Gasteiger partial charge in [0.15, 0.2) is 11.3 Å². The fourth-order valence-corrected chi connectivity index (χ4v) is 10.2. The molecule has 0 spiro atoms. The van der Waals surface area contributed by atoms with Crippen molar-refractivity contribution >= 4 is 109 Å². The second kappa shape index (κ2) is 19.0. The molecule has 2 N–H and O–H groups in total. The van der Waals surface area contributed by atoms with Gasteiger partial charge in [-0.2, -0.15) is 0 Å². The first-order chi connectivity index (χ1) is 28.6. The number of rotatable bonds is 8. The molecule has 0 aliphatic rings. The molecule has 0 amide bonds. The van der Waals surface area contributed by atoms with Crippen LogP contribution in [0.25, 0.3) is 33.2 Å². The lowest BCUT2D eigenvalue weighted by Crippen LogP contribution is -2.30. The van der Waals surface area contributed by atoms with Crippen LogP contribution in [0, 0.1) is 17.4 Å². The van der Waals surface area contributed by atoms with Crippen molar-refractivity contribution in [3.63, 3.8) is 0 Å². The highest BCUT2D eigenvalue weighted by molar-refractivity contribution is 14.1. The summed E-state index contributed by atoms with van der Waals surface area (Å²) >= 11 is 8.90. The van der Waals surface area contributed by atoms with E-state index in [2.05, 4.69) is 64.4 Å². The molecular formula is C42H36BBr2IN4O8S2. The Morgan fingerprint density at radius 1 is 0.617 bits per heavy atom. The molecule has 0 unspecified atom stereocenters. The summed E-state index contributed by atoms with van der Waals surface area (Å²) in [5.74, 6) is 1.15. The molecule has 4 heterocycles. The summed E-state index contributed by atoms with van der Waals surface area (Å²) in [7, 11) is -5.83. The van der Waals surface area contributed by atoms with Crippen LogP contribution in [0.3, 0.4) is 0 Å². The summed E-state index contributed by atoms with van der Waals surface area (Å²) in [5.41, 5.74) is 4.73. The summed E-state index contributed by atoms with van der Waals surface area (Å²) in [6, 6.07) is 31.6. The van der Waals surface area contributed by atoms with Gasteiger partial charge < -0.3 is 19.5 Å². The lowest BCUT2D eigenvalue weighted by atomic mass is 9.80. The number of aryl methyl sites for hydroxylation is 2. The highest BCUT2D eigenvalue weighted by Crippen LogP contribution is 2.38. The SMILES string of the molecule is COc1ccccc1-c1cn(S(=O)(=O)c2ccc(C)cc2)c2ncc(Br)cc12.COc1ccccc1B(O)O.Cc1ccc(S(=O)(=O)n2cc(I)c3cc(Br)cnc32)cc1. The first-order valence-electron chi connectivity index (χ1n) is 17.8. The topological polar surface area (TPSA) is 163 Å². The Bertz CT molecular complexity index is 3040. The van der Waals surface area contributed by atoms with E-state index in [0.29, 0.717) is 28.3 Å². The molecule has 60 heavy (non-hydrogen) atoms. The summed E-state index contributed by atoms with van der Waals surface area (Å²) in [6.07, 6.45) is 6.39. The van der Waals surface area contributed by atoms with Crippen LogP contribution < -0.4 is 14.9 Å². The highest BCUT2D eigenvalue weighted by Gasteiger charge is 2.25. The predicted octanol–water partition coefficient (Wildman–Crippen LogP) is 8.34. The number of fused-ring (bicyclic) bond motifs is 2. The molecule has 0 aliphatic carbocycles. The van der Waals surface area contributed by atoms with E-state index in [0.717, 1.165) is 45.5 Å². The van der Waals surface area contributed by atoms with Crippen molar-refractivity contribution in [1.29, 1.82) is 0 Å². The van der Waals surface area contributed by atoms with Crippen molar-refractivity contribution in [2.24, 2.45) is 0 Å². The minimum atomic E-state index is -3.80. The van der Waals surface area contributed by atoms with E-state index >= 15 is 0 Å². The van der Waals surface area contributed by atoms with Crippen LogP contribution in [0.15, 0.2) is 153 Å². The van der Waals surface area contributed by atoms with Gasteiger partial charge in [0, 0.05) is 64.7 Å². The maximum Gasteiger partial charge on any atom is 0.492 e. The fourth-order valence-electron chi connectivity index (χ4n) is 6.05. The summed E-state index contributed by atoms with van der Waals surface area (Å²) < 4.78 is 67.4. The number of hydrogen-bond donors (Lipinski definition) is 2. The van der Waals surface area contributed by atoms with Crippen molar-refractivity contribution in [1.82, 2.24) is 17.9 Å². The number of methoxy groups -OCH3 is 2. The Kier molecular flexibility index (Phi) is 14.2. The smallest absolute Gasteiger partial charge is 0.492 e. The molecule has 308 valence electrons. The van der Waals surface area contributed by atoms with Crippen LogP contribution in [0.2, 0.25) is 0 Å². The van der Waals surface area contributed by atoms with E-state index < -0.39 is 27.2 Å². The molecular weight excluding hydrogens is 1050 g/mol. The Labute approximate surface area is 378 Å². The number of para-hydroxylation sites is 2. The summed E-state index contributed by atoms with van der Waals surface area (Å²) in [5, 5.41) is 19.1. The van der Waals surface area contributed by atoms with Crippen molar-refractivity contribution in [3.8, 4) is 22.6 Å². The van der Waals surface area contributed by atoms with E-state index in [1.807, 2.05) is 50.2 Å². The standard InChI is InChI=1S/C21H17BrN2O3S.C14H10BrIN2O2S.C7H9BO3/c1-14-7-9-16(10-8-14)28(25,26)24-13-19(17-5-3-4-6-20(17)27-2)18-11-15(22)12-23-21(18)24;1-9-2-4-11(5-3-9)21(19,20)18-8-13(16)12-6-10(15)7-17-14(12)18;1-11-7-5-3-2-4-6(7)8(9)10/h3-13H,1-2H3;2-8H,1H3;2-5,9-10H,1H3. The van der Waals surface area contributed by atoms with Gasteiger partial charge in [-0.25, -0.2) is 34.7 Å². The van der Waals surface area contributed by atoms with Crippen molar-refractivity contribution in [2.45, 2.75) is 23.6 Å². The molecule has 0 fully saturated rings. The average molecular weight is 1090 g/mol. The largest absolute Gasteiger partial charge is 0.497 e. The third kappa shape index (κ3) is 9.64. The highest BCUT2D eigenvalue weighted by atomic mass is 127. The number of halogens is 3. The van der Waals surface area contributed by atoms with Gasteiger partial charge >= 0.3 is 7.12 Å². The monoisotopic (exact) mass is 1080 g/mol. The number of hydrogen-bond acceptors (Lipinski definition) is 10. The second-order valence-electron chi connectivity index (χ2n) is 13.1. The number of nitrogens with zero attached hydrogens (tertiary/aromatic N) is 4. The van der Waals surface area contributed by atoms with E-state index in [-0.39, 0.29) is 9.79 Å². The van der Waals surface area contributed by atoms with E-state index in [1.165, 1.54) is 15.1 Å². The van der Waals surface area contributed by atoms with Gasteiger partial charge in [0.1, 0.15) is 11.5 Å². The lowest BCUT2D eigenvalue weighted by molar-refractivity contribution is 0.403. The first-order valence-corrected chi connectivity index (χ1v) is 23.4. The zero-order chi connectivity index (χ0) is 43.4. The average Bonchev–Trinajstić information content (AvgIpc) is 3.79. The van der Waals surface area contributed by atoms with Crippen molar-refractivity contribution in [3.05, 3.63) is 158 Å². The van der Waals surface area contributed by atoms with Gasteiger partial charge in [0.25, 0.3) is 20.0 Å². The van der Waals surface area contributed by atoms with Gasteiger partial charge in [-0.1, -0.05) is 71.8 Å². The van der Waals surface area contributed by atoms with Crippen LogP contribution in [0.4, 0.5) is 0 Å². The van der Waals surface area contributed by atoms with Crippen LogP contribution >= 0.6 is 54.5 Å². The third-order valence-corrected chi connectivity index (χ3v) is 14.1. The van der Waals surface area contributed by atoms with Crippen LogP contribution in [-0.4, -0.2) is 66.1 Å². The molecule has 0 saturated heterocycles. The Morgan fingerprint density at radius 3 is 1.57 bits per heavy atom. The first kappa shape index (κ1) is 45.0. The maximum absolute atomic E-state index is 13.3.